The minimum atomic E-state index is -0.992. The molecule has 0 amide bonds. The number of fused-ring (bicyclic) bond motifs is 1. The second-order valence-corrected chi connectivity index (χ2v) is 9.78. The molecule has 150 valence electrons. The van der Waals surface area contributed by atoms with Gasteiger partial charge in [-0.1, -0.05) is 0 Å². The monoisotopic (exact) mass is 392 g/mol. The smallest absolute Gasteiger partial charge is 0.210 e. The Morgan fingerprint density at radius 3 is 2.85 bits per heavy atom. The lowest BCUT2D eigenvalue weighted by molar-refractivity contribution is 0.103. The fraction of sp³-hybridized carbons (Fsp3) is 0.789. The van der Waals surface area contributed by atoms with E-state index < -0.39 is 17.2 Å². The Morgan fingerprint density at radius 1 is 1.30 bits per heavy atom. The number of aliphatic hydroxyl groups is 1. The molecule has 2 aliphatic heterocycles. The molecular formula is C19H32N6OS. The standard InChI is InChI=1S/C19H32N6OS/c1-12(2)25-11-10-17(23-25)27(20)24-18(26)22-19(3)13-6-4-8-15(13)21-16-9-5-7-14(16)19/h12-13,18,22,26H,4-11H2,1-3H3,(H2,20,24). The Bertz CT molecular complexity index is 742. The van der Waals surface area contributed by atoms with E-state index in [1.807, 2.05) is 5.01 Å². The third kappa shape index (κ3) is 3.52. The van der Waals surface area contributed by atoms with Crippen molar-refractivity contribution in [1.29, 1.82) is 0 Å². The van der Waals surface area contributed by atoms with Crippen molar-refractivity contribution < 1.29 is 5.11 Å². The van der Waals surface area contributed by atoms with Crippen LogP contribution >= 0.6 is 0 Å². The first-order valence-electron chi connectivity index (χ1n) is 10.2. The first kappa shape index (κ1) is 19.2. The van der Waals surface area contributed by atoms with E-state index in [1.54, 1.807) is 0 Å². The second-order valence-electron chi connectivity index (χ2n) is 8.47. The summed E-state index contributed by atoms with van der Waals surface area (Å²) in [5.74, 6) is 0.360. The fourth-order valence-corrected chi connectivity index (χ4v) is 5.88. The van der Waals surface area contributed by atoms with Gasteiger partial charge in [-0.05, 0) is 64.9 Å². The molecular weight excluding hydrogens is 360 g/mol. The summed E-state index contributed by atoms with van der Waals surface area (Å²) in [5.41, 5.74) is 3.64. The fourth-order valence-electron chi connectivity index (χ4n) is 5.00. The van der Waals surface area contributed by atoms with Crippen LogP contribution in [0.3, 0.4) is 0 Å². The van der Waals surface area contributed by atoms with Crippen LogP contribution < -0.4 is 10.5 Å². The molecule has 27 heavy (non-hydrogen) atoms. The zero-order valence-electron chi connectivity index (χ0n) is 16.6. The van der Waals surface area contributed by atoms with Crippen molar-refractivity contribution in [3.8, 4) is 0 Å². The maximum atomic E-state index is 10.7. The zero-order chi connectivity index (χ0) is 19.2. The number of aliphatic hydroxyl groups excluding tert-OH is 1. The Labute approximate surface area is 164 Å². The molecule has 4 atom stereocenters. The van der Waals surface area contributed by atoms with E-state index in [2.05, 4.69) is 35.6 Å². The number of allylic oxidation sites excluding steroid dienone is 1. The molecule has 2 heterocycles. The van der Waals surface area contributed by atoms with Crippen LogP contribution in [0.5, 0.6) is 0 Å². The summed E-state index contributed by atoms with van der Waals surface area (Å²) in [6, 6.07) is 0.358. The Balaban J connectivity index is 1.52. The quantitative estimate of drug-likeness (QED) is 0.640. The highest BCUT2D eigenvalue weighted by Crippen LogP contribution is 2.47. The van der Waals surface area contributed by atoms with Crippen LogP contribution in [0.15, 0.2) is 25.7 Å². The number of nitrogens with zero attached hydrogens (tertiary/aromatic N) is 4. The first-order chi connectivity index (χ1) is 12.9. The van der Waals surface area contributed by atoms with Crippen molar-refractivity contribution in [1.82, 2.24) is 10.3 Å². The molecule has 2 aliphatic carbocycles. The average molecular weight is 393 g/mol. The van der Waals surface area contributed by atoms with Crippen molar-refractivity contribution in [2.45, 2.75) is 83.6 Å². The molecule has 8 heteroatoms. The molecule has 0 aromatic heterocycles. The van der Waals surface area contributed by atoms with Crippen LogP contribution in [0.25, 0.3) is 0 Å². The molecule has 4 unspecified atom stereocenters. The van der Waals surface area contributed by atoms with E-state index >= 15 is 0 Å². The molecule has 1 fully saturated rings. The summed E-state index contributed by atoms with van der Waals surface area (Å²) in [4.78, 5) is 4.95. The molecule has 0 aromatic rings. The van der Waals surface area contributed by atoms with Crippen LogP contribution in [0.4, 0.5) is 0 Å². The van der Waals surface area contributed by atoms with E-state index in [0.29, 0.717) is 12.0 Å². The third-order valence-corrected chi connectivity index (χ3v) is 7.59. The average Bonchev–Trinajstić information content (AvgIpc) is 3.35. The molecule has 4 aliphatic rings. The van der Waals surface area contributed by atoms with Crippen molar-refractivity contribution in [2.75, 3.05) is 6.54 Å². The molecule has 0 radical (unpaired) electrons. The summed E-state index contributed by atoms with van der Waals surface area (Å²) in [5, 5.41) is 27.9. The second kappa shape index (κ2) is 7.39. The van der Waals surface area contributed by atoms with Gasteiger partial charge in [0, 0.05) is 47.2 Å². The van der Waals surface area contributed by atoms with Gasteiger partial charge < -0.3 is 5.11 Å². The number of rotatable bonds is 4. The summed E-state index contributed by atoms with van der Waals surface area (Å²) >= 11 is 0. The van der Waals surface area contributed by atoms with Gasteiger partial charge in [0.1, 0.15) is 5.04 Å². The predicted octanol–water partition coefficient (Wildman–Crippen LogP) is 2.41. The van der Waals surface area contributed by atoms with E-state index in [9.17, 15) is 5.11 Å². The Hall–Kier alpha value is -1.09. The van der Waals surface area contributed by atoms with E-state index in [0.717, 1.165) is 50.1 Å². The predicted molar refractivity (Wildman–Crippen MR) is 111 cm³/mol. The van der Waals surface area contributed by atoms with Crippen molar-refractivity contribution in [3.63, 3.8) is 0 Å². The summed E-state index contributed by atoms with van der Waals surface area (Å²) < 4.78 is 4.45. The number of hydrogen-bond donors (Lipinski definition) is 3. The van der Waals surface area contributed by atoms with Crippen LogP contribution in [0, 0.1) is 5.92 Å². The van der Waals surface area contributed by atoms with Crippen molar-refractivity contribution >= 4 is 21.6 Å². The third-order valence-electron chi connectivity index (χ3n) is 6.39. The maximum Gasteiger partial charge on any atom is 0.210 e. The topological polar surface area (TPSA) is 98.6 Å². The summed E-state index contributed by atoms with van der Waals surface area (Å²) in [6.45, 7) is 7.33. The molecule has 0 aromatic carbocycles. The van der Waals surface area contributed by atoms with E-state index in [1.165, 1.54) is 23.4 Å². The lowest BCUT2D eigenvalue weighted by Gasteiger charge is -2.42. The van der Waals surface area contributed by atoms with Crippen molar-refractivity contribution in [3.05, 3.63) is 11.3 Å². The zero-order valence-corrected chi connectivity index (χ0v) is 17.4. The van der Waals surface area contributed by atoms with Gasteiger partial charge in [0.2, 0.25) is 6.35 Å². The SMILES string of the molecule is CC(C)N1CCC(S(N)=NC(O)NC2(C)C3=C(CCC3)N=C3CCCC32)=N1. The van der Waals surface area contributed by atoms with Crippen LogP contribution in [0.2, 0.25) is 0 Å². The largest absolute Gasteiger partial charge is 0.359 e. The highest BCUT2D eigenvalue weighted by atomic mass is 32.2. The van der Waals surface area contributed by atoms with Gasteiger partial charge in [0.25, 0.3) is 0 Å². The minimum absolute atomic E-state index is 0.270. The van der Waals surface area contributed by atoms with Crippen molar-refractivity contribution in [2.24, 2.45) is 25.5 Å². The highest BCUT2D eigenvalue weighted by Gasteiger charge is 2.48. The van der Waals surface area contributed by atoms with Crippen LogP contribution in [0.1, 0.15) is 65.7 Å². The number of hydrazone groups is 1. The van der Waals surface area contributed by atoms with Gasteiger partial charge in [-0.3, -0.25) is 20.5 Å². The highest BCUT2D eigenvalue weighted by molar-refractivity contribution is 8.00. The van der Waals surface area contributed by atoms with Crippen LogP contribution in [-0.4, -0.2) is 45.3 Å². The minimum Gasteiger partial charge on any atom is -0.359 e. The lowest BCUT2D eigenvalue weighted by Crippen LogP contribution is -2.56. The van der Waals surface area contributed by atoms with Gasteiger partial charge in [-0.15, -0.1) is 0 Å². The van der Waals surface area contributed by atoms with Gasteiger partial charge >= 0.3 is 0 Å². The molecule has 4 rings (SSSR count). The van der Waals surface area contributed by atoms with E-state index in [4.69, 9.17) is 10.1 Å². The summed E-state index contributed by atoms with van der Waals surface area (Å²) in [6.07, 6.45) is 6.47. The Morgan fingerprint density at radius 2 is 2.11 bits per heavy atom. The number of aliphatic imine (C=N–C) groups is 1. The molecule has 1 saturated carbocycles. The number of hydrogen-bond acceptors (Lipinski definition) is 6. The molecule has 0 saturated heterocycles. The van der Waals surface area contributed by atoms with Gasteiger partial charge in [-0.25, -0.2) is 0 Å². The lowest BCUT2D eigenvalue weighted by atomic mass is 9.75. The summed E-state index contributed by atoms with van der Waals surface area (Å²) in [7, 11) is -0.873. The van der Waals surface area contributed by atoms with Gasteiger partial charge in [0.15, 0.2) is 0 Å². The van der Waals surface area contributed by atoms with Gasteiger partial charge in [0.05, 0.1) is 5.54 Å². The molecule has 7 nitrogen and oxygen atoms in total. The molecule has 0 bridgehead atoms. The molecule has 4 N–H and O–H groups in total. The van der Waals surface area contributed by atoms with Gasteiger partial charge in [-0.2, -0.15) is 9.46 Å². The number of nitrogens with one attached hydrogen (secondary N) is 1. The Kier molecular flexibility index (Phi) is 5.26. The van der Waals surface area contributed by atoms with Crippen LogP contribution in [-0.2, 0) is 10.9 Å². The van der Waals surface area contributed by atoms with E-state index in [-0.39, 0.29) is 5.54 Å². The first-order valence-corrected chi connectivity index (χ1v) is 11.4. The number of nitrogens with two attached hydrogens (primary N) is 1. The molecule has 0 spiro atoms. The maximum absolute atomic E-state index is 10.7. The normalized spacial score (nSPS) is 32.7.